The van der Waals surface area contributed by atoms with E-state index in [1.54, 1.807) is 24.3 Å². The van der Waals surface area contributed by atoms with Gasteiger partial charge in [-0.2, -0.15) is 0 Å². The Balaban J connectivity index is 1.43. The van der Waals surface area contributed by atoms with E-state index in [1.165, 1.54) is 4.90 Å². The van der Waals surface area contributed by atoms with Crippen molar-refractivity contribution in [3.05, 3.63) is 130 Å². The summed E-state index contributed by atoms with van der Waals surface area (Å²) in [6, 6.07) is 29.2. The van der Waals surface area contributed by atoms with E-state index in [4.69, 9.17) is 14.2 Å². The van der Waals surface area contributed by atoms with Crippen LogP contribution in [0, 0.1) is 0 Å². The molecule has 2 heterocycles. The third-order valence-corrected chi connectivity index (χ3v) is 7.73. The number of aliphatic hydroxyl groups is 1. The number of Topliss-reactive ketones (excluding diaryl/α,β-unsaturated/α-hetero) is 1. The molecule has 0 bridgehead atoms. The summed E-state index contributed by atoms with van der Waals surface area (Å²) >= 11 is 0. The molecule has 1 saturated heterocycles. The molecule has 7 heteroatoms. The first-order valence-corrected chi connectivity index (χ1v) is 14.5. The Morgan fingerprint density at radius 3 is 2.33 bits per heavy atom. The summed E-state index contributed by atoms with van der Waals surface area (Å²) in [6.45, 7) is 4.81. The molecule has 0 unspecified atom stereocenters. The van der Waals surface area contributed by atoms with Gasteiger partial charge < -0.3 is 24.2 Å². The molecule has 0 spiro atoms. The zero-order valence-corrected chi connectivity index (χ0v) is 24.2. The smallest absolute Gasteiger partial charge is 0.295 e. The number of carbonyl (C=O) groups is 2. The first-order valence-electron chi connectivity index (χ1n) is 14.5. The molecule has 6 rings (SSSR count). The van der Waals surface area contributed by atoms with Crippen LogP contribution in [0.3, 0.4) is 0 Å². The van der Waals surface area contributed by atoms with Crippen LogP contribution in [0.4, 0.5) is 0 Å². The molecule has 1 amide bonds. The van der Waals surface area contributed by atoms with Crippen LogP contribution in [-0.2, 0) is 29.2 Å². The number of benzene rings is 4. The van der Waals surface area contributed by atoms with Crippen LogP contribution < -0.4 is 14.2 Å². The first-order chi connectivity index (χ1) is 20.9. The number of carbonyl (C=O) groups excluding carboxylic acids is 2. The van der Waals surface area contributed by atoms with E-state index >= 15 is 0 Å². The fraction of sp³-hybridized carbons (Fsp3) is 0.222. The fourth-order valence-electron chi connectivity index (χ4n) is 5.71. The molecule has 0 saturated carbocycles. The van der Waals surface area contributed by atoms with Gasteiger partial charge >= 0.3 is 0 Å². The first kappa shape index (κ1) is 28.1. The molecule has 7 nitrogen and oxygen atoms in total. The maximum atomic E-state index is 13.6. The Hall–Kier alpha value is -5.04. The lowest BCUT2D eigenvalue weighted by molar-refractivity contribution is -0.140. The Labute approximate surface area is 250 Å². The van der Waals surface area contributed by atoms with Crippen molar-refractivity contribution in [2.75, 3.05) is 6.61 Å². The van der Waals surface area contributed by atoms with Gasteiger partial charge in [-0.05, 0) is 66.4 Å². The van der Waals surface area contributed by atoms with E-state index in [-0.39, 0.29) is 24.0 Å². The van der Waals surface area contributed by atoms with Crippen molar-refractivity contribution < 1.29 is 28.9 Å². The maximum absolute atomic E-state index is 13.6. The molecule has 4 aromatic carbocycles. The molecule has 0 aromatic heterocycles. The quantitative estimate of drug-likeness (QED) is 0.137. The number of likely N-dealkylation sites (tertiary alicyclic amines) is 1. The van der Waals surface area contributed by atoms with Gasteiger partial charge in [0.25, 0.3) is 11.7 Å². The van der Waals surface area contributed by atoms with Crippen molar-refractivity contribution in [1.82, 2.24) is 4.90 Å². The van der Waals surface area contributed by atoms with Crippen molar-refractivity contribution in [1.29, 1.82) is 0 Å². The zero-order chi connectivity index (χ0) is 29.9. The number of hydrogen-bond donors (Lipinski definition) is 1. The molecule has 2 aliphatic rings. The largest absolute Gasteiger partial charge is 0.507 e. The second-order valence-corrected chi connectivity index (χ2v) is 10.8. The summed E-state index contributed by atoms with van der Waals surface area (Å²) in [5.74, 6) is 0.176. The summed E-state index contributed by atoms with van der Waals surface area (Å²) < 4.78 is 17.9. The molecule has 2 atom stereocenters. The summed E-state index contributed by atoms with van der Waals surface area (Å²) in [5.41, 5.74) is 3.96. The van der Waals surface area contributed by atoms with E-state index in [0.717, 1.165) is 22.4 Å². The maximum Gasteiger partial charge on any atom is 0.295 e. The number of fused-ring (bicyclic) bond motifs is 1. The minimum absolute atomic E-state index is 0.0310. The molecule has 1 N–H and O–H groups in total. The molecule has 4 aromatic rings. The van der Waals surface area contributed by atoms with Crippen LogP contribution in [0.5, 0.6) is 17.2 Å². The van der Waals surface area contributed by atoms with Crippen molar-refractivity contribution >= 4 is 17.4 Å². The van der Waals surface area contributed by atoms with E-state index in [2.05, 4.69) is 0 Å². The van der Waals surface area contributed by atoms with Gasteiger partial charge in [-0.1, -0.05) is 66.7 Å². The van der Waals surface area contributed by atoms with Crippen molar-refractivity contribution in [3.8, 4) is 17.2 Å². The molecule has 0 radical (unpaired) electrons. The molecule has 0 aliphatic carbocycles. The molecule has 218 valence electrons. The van der Waals surface area contributed by atoms with Crippen LogP contribution in [0.15, 0.2) is 103 Å². The second-order valence-electron chi connectivity index (χ2n) is 10.8. The van der Waals surface area contributed by atoms with Gasteiger partial charge in [0.1, 0.15) is 24.2 Å². The SMILES string of the molecule is CCOc1cc([C@@H]2/C(=C(\O)c3ccc4c(c3)C[C@@H](C)O4)C(=O)C(=O)N2Cc2ccccc2)ccc1OCc1ccccc1. The molecule has 2 aliphatic heterocycles. The van der Waals surface area contributed by atoms with Crippen LogP contribution in [0.25, 0.3) is 5.76 Å². The van der Waals surface area contributed by atoms with Crippen LogP contribution in [-0.4, -0.2) is 34.4 Å². The van der Waals surface area contributed by atoms with Gasteiger partial charge in [-0.3, -0.25) is 9.59 Å². The highest BCUT2D eigenvalue weighted by Gasteiger charge is 2.46. The average Bonchev–Trinajstić information content (AvgIpc) is 3.52. The molecular formula is C36H33NO6. The highest BCUT2D eigenvalue weighted by Crippen LogP contribution is 2.43. The molecular weight excluding hydrogens is 542 g/mol. The third-order valence-electron chi connectivity index (χ3n) is 7.73. The second kappa shape index (κ2) is 12.1. The van der Waals surface area contributed by atoms with Crippen molar-refractivity contribution in [3.63, 3.8) is 0 Å². The minimum atomic E-state index is -0.842. The summed E-state index contributed by atoms with van der Waals surface area (Å²) in [4.78, 5) is 28.7. The Morgan fingerprint density at radius 1 is 0.884 bits per heavy atom. The summed E-state index contributed by atoms with van der Waals surface area (Å²) in [7, 11) is 0. The predicted octanol–water partition coefficient (Wildman–Crippen LogP) is 6.61. The highest BCUT2D eigenvalue weighted by atomic mass is 16.5. The Bertz CT molecular complexity index is 1680. The number of aliphatic hydroxyl groups excluding tert-OH is 1. The van der Waals surface area contributed by atoms with Gasteiger partial charge in [0.2, 0.25) is 0 Å². The lowest BCUT2D eigenvalue weighted by Gasteiger charge is -2.26. The highest BCUT2D eigenvalue weighted by molar-refractivity contribution is 6.46. The predicted molar refractivity (Wildman–Crippen MR) is 163 cm³/mol. The van der Waals surface area contributed by atoms with Crippen LogP contribution in [0.1, 0.15) is 47.7 Å². The van der Waals surface area contributed by atoms with Gasteiger partial charge in [-0.25, -0.2) is 0 Å². The minimum Gasteiger partial charge on any atom is -0.507 e. The standard InChI is InChI=1S/C36H33NO6/c1-3-41-31-20-26(14-17-30(31)42-22-25-12-8-5-9-13-25)33-32(34(38)27-15-16-29-28(19-27)18-23(2)43-29)35(39)36(40)37(33)21-24-10-6-4-7-11-24/h4-17,19-20,23,33,38H,3,18,21-22H2,1-2H3/b34-32+/t23-,33-/m1/s1. The normalized spacial score (nSPS) is 18.8. The third kappa shape index (κ3) is 5.71. The van der Waals surface area contributed by atoms with E-state index in [9.17, 15) is 14.7 Å². The van der Waals surface area contributed by atoms with Crippen LogP contribution in [0.2, 0.25) is 0 Å². The van der Waals surface area contributed by atoms with Crippen molar-refractivity contribution in [2.24, 2.45) is 0 Å². The Kier molecular flexibility index (Phi) is 7.88. The lowest BCUT2D eigenvalue weighted by atomic mass is 9.94. The zero-order valence-electron chi connectivity index (χ0n) is 24.2. The number of hydrogen-bond acceptors (Lipinski definition) is 6. The summed E-state index contributed by atoms with van der Waals surface area (Å²) in [5, 5.41) is 11.6. The van der Waals surface area contributed by atoms with Crippen molar-refractivity contribution in [2.45, 2.75) is 45.6 Å². The topological polar surface area (TPSA) is 85.3 Å². The van der Waals surface area contributed by atoms with E-state index in [0.29, 0.717) is 42.3 Å². The molecule has 43 heavy (non-hydrogen) atoms. The number of nitrogens with zero attached hydrogens (tertiary/aromatic N) is 1. The number of amides is 1. The van der Waals surface area contributed by atoms with E-state index < -0.39 is 17.7 Å². The number of ether oxygens (including phenoxy) is 3. The van der Waals surface area contributed by atoms with Gasteiger partial charge in [0.15, 0.2) is 11.5 Å². The van der Waals surface area contributed by atoms with Crippen LogP contribution >= 0.6 is 0 Å². The lowest BCUT2D eigenvalue weighted by Crippen LogP contribution is -2.29. The monoisotopic (exact) mass is 575 g/mol. The number of ketones is 1. The molecule has 1 fully saturated rings. The van der Waals surface area contributed by atoms with Gasteiger partial charge in [0, 0.05) is 18.5 Å². The van der Waals surface area contributed by atoms with Gasteiger partial charge in [-0.15, -0.1) is 0 Å². The average molecular weight is 576 g/mol. The fourth-order valence-corrected chi connectivity index (χ4v) is 5.71. The number of rotatable bonds is 9. The van der Waals surface area contributed by atoms with Gasteiger partial charge in [0.05, 0.1) is 18.2 Å². The summed E-state index contributed by atoms with van der Waals surface area (Å²) in [6.07, 6.45) is 0.730. The van der Waals surface area contributed by atoms with E-state index in [1.807, 2.05) is 86.6 Å². The Morgan fingerprint density at radius 2 is 1.60 bits per heavy atom.